The molecule has 1 aromatic carbocycles. The lowest BCUT2D eigenvalue weighted by molar-refractivity contribution is 0.588. The second-order valence-electron chi connectivity index (χ2n) is 4.00. The topological polar surface area (TPSA) is 108 Å². The van der Waals surface area contributed by atoms with E-state index in [-0.39, 0.29) is 18.0 Å². The van der Waals surface area contributed by atoms with Crippen LogP contribution in [0.15, 0.2) is 24.3 Å². The highest BCUT2D eigenvalue weighted by molar-refractivity contribution is 7.89. The summed E-state index contributed by atoms with van der Waals surface area (Å²) in [7, 11) is -1.93. The first-order valence-electron chi connectivity index (χ1n) is 5.88. The Labute approximate surface area is 116 Å². The van der Waals surface area contributed by atoms with Crippen molar-refractivity contribution in [3.8, 4) is 6.07 Å². The zero-order valence-corrected chi connectivity index (χ0v) is 11.6. The van der Waals surface area contributed by atoms with Crippen molar-refractivity contribution in [3.05, 3.63) is 30.0 Å². The molecule has 8 heteroatoms. The summed E-state index contributed by atoms with van der Waals surface area (Å²) in [4.78, 5) is 0. The van der Waals surface area contributed by atoms with Crippen molar-refractivity contribution in [2.45, 2.75) is 0 Å². The van der Waals surface area contributed by atoms with E-state index in [0.717, 1.165) is 5.39 Å². The van der Waals surface area contributed by atoms with Gasteiger partial charge >= 0.3 is 0 Å². The van der Waals surface area contributed by atoms with Crippen LogP contribution < -0.4 is 10.0 Å². The van der Waals surface area contributed by atoms with Gasteiger partial charge in [-0.25, -0.2) is 13.1 Å². The predicted molar refractivity (Wildman–Crippen MR) is 75.6 cm³/mol. The molecule has 0 saturated heterocycles. The van der Waals surface area contributed by atoms with Gasteiger partial charge in [-0.05, 0) is 13.1 Å². The highest BCUT2D eigenvalue weighted by Gasteiger charge is 2.11. The van der Waals surface area contributed by atoms with Crippen molar-refractivity contribution >= 4 is 26.6 Å². The van der Waals surface area contributed by atoms with Gasteiger partial charge < -0.3 is 5.32 Å². The molecule has 1 aromatic heterocycles. The van der Waals surface area contributed by atoms with Gasteiger partial charge in [-0.15, -0.1) is 10.2 Å². The van der Waals surface area contributed by atoms with E-state index in [1.54, 1.807) is 12.1 Å². The molecule has 0 fully saturated rings. The van der Waals surface area contributed by atoms with Crippen LogP contribution in [0.4, 0.5) is 5.69 Å². The SMILES string of the molecule is CNS(=O)(=O)CCNc1c(C#N)nnc2ccccc12. The Kier molecular flexibility index (Phi) is 4.12. The van der Waals surface area contributed by atoms with Crippen molar-refractivity contribution in [3.63, 3.8) is 0 Å². The van der Waals surface area contributed by atoms with Crippen LogP contribution in [0.3, 0.4) is 0 Å². The summed E-state index contributed by atoms with van der Waals surface area (Å²) in [6, 6.07) is 9.17. The quantitative estimate of drug-likeness (QED) is 0.828. The maximum Gasteiger partial charge on any atom is 0.213 e. The van der Waals surface area contributed by atoms with Gasteiger partial charge in [-0.1, -0.05) is 18.2 Å². The summed E-state index contributed by atoms with van der Waals surface area (Å²) in [6.07, 6.45) is 0. The highest BCUT2D eigenvalue weighted by atomic mass is 32.2. The normalized spacial score (nSPS) is 11.2. The summed E-state index contributed by atoms with van der Waals surface area (Å²) in [5, 5.41) is 20.5. The molecule has 0 amide bonds. The molecule has 2 aromatic rings. The van der Waals surface area contributed by atoms with E-state index in [0.29, 0.717) is 11.2 Å². The van der Waals surface area contributed by atoms with E-state index in [9.17, 15) is 8.42 Å². The minimum absolute atomic E-state index is 0.0922. The molecule has 0 spiro atoms. The number of rotatable bonds is 5. The van der Waals surface area contributed by atoms with Crippen LogP contribution in [0.1, 0.15) is 5.69 Å². The predicted octanol–water partition coefficient (Wildman–Crippen LogP) is 0.463. The zero-order chi connectivity index (χ0) is 14.6. The fourth-order valence-corrected chi connectivity index (χ4v) is 2.30. The van der Waals surface area contributed by atoms with E-state index in [1.165, 1.54) is 7.05 Å². The molecular formula is C12H13N5O2S. The first-order valence-corrected chi connectivity index (χ1v) is 7.53. The Hall–Kier alpha value is -2.24. The van der Waals surface area contributed by atoms with Gasteiger partial charge in [0, 0.05) is 11.9 Å². The average molecular weight is 291 g/mol. The number of sulfonamides is 1. The summed E-state index contributed by atoms with van der Waals surface area (Å²) < 4.78 is 25.0. The maximum absolute atomic E-state index is 11.4. The number of hydrogen-bond acceptors (Lipinski definition) is 6. The largest absolute Gasteiger partial charge is 0.381 e. The number of fused-ring (bicyclic) bond motifs is 1. The van der Waals surface area contributed by atoms with Crippen molar-refractivity contribution in [1.29, 1.82) is 5.26 Å². The van der Waals surface area contributed by atoms with Gasteiger partial charge in [0.05, 0.1) is 17.0 Å². The fraction of sp³-hybridized carbons (Fsp3) is 0.250. The van der Waals surface area contributed by atoms with Gasteiger partial charge in [-0.2, -0.15) is 5.26 Å². The van der Waals surface area contributed by atoms with Crippen molar-refractivity contribution < 1.29 is 8.42 Å². The lowest BCUT2D eigenvalue weighted by atomic mass is 10.1. The molecule has 104 valence electrons. The van der Waals surface area contributed by atoms with Crippen LogP contribution in [-0.4, -0.2) is 38.0 Å². The number of aromatic nitrogens is 2. The number of anilines is 1. The molecule has 7 nitrogen and oxygen atoms in total. The van der Waals surface area contributed by atoms with Gasteiger partial charge in [0.1, 0.15) is 6.07 Å². The van der Waals surface area contributed by atoms with E-state index >= 15 is 0 Å². The minimum atomic E-state index is -3.29. The third kappa shape index (κ3) is 3.01. The monoisotopic (exact) mass is 291 g/mol. The summed E-state index contributed by atoms with van der Waals surface area (Å²) in [5.41, 5.74) is 1.29. The van der Waals surface area contributed by atoms with Crippen molar-refractivity contribution in [1.82, 2.24) is 14.9 Å². The number of nitrogens with one attached hydrogen (secondary N) is 2. The molecule has 0 saturated carbocycles. The number of nitrogens with zero attached hydrogens (tertiary/aromatic N) is 3. The molecule has 2 rings (SSSR count). The molecule has 0 aliphatic carbocycles. The lowest BCUT2D eigenvalue weighted by Crippen LogP contribution is -2.26. The Balaban J connectivity index is 2.31. The number of nitriles is 1. The fourth-order valence-electron chi connectivity index (χ4n) is 1.72. The van der Waals surface area contributed by atoms with E-state index in [4.69, 9.17) is 5.26 Å². The van der Waals surface area contributed by atoms with Gasteiger partial charge in [0.15, 0.2) is 5.69 Å². The molecular weight excluding hydrogens is 278 g/mol. The molecule has 0 atom stereocenters. The Morgan fingerprint density at radius 3 is 2.75 bits per heavy atom. The van der Waals surface area contributed by atoms with E-state index in [2.05, 4.69) is 20.2 Å². The Bertz CT molecular complexity index is 767. The van der Waals surface area contributed by atoms with Crippen LogP contribution in [0, 0.1) is 11.3 Å². The zero-order valence-electron chi connectivity index (χ0n) is 10.8. The molecule has 0 radical (unpaired) electrons. The van der Waals surface area contributed by atoms with E-state index in [1.807, 2.05) is 18.2 Å². The number of hydrogen-bond donors (Lipinski definition) is 2. The van der Waals surface area contributed by atoms with Gasteiger partial charge in [0.25, 0.3) is 0 Å². The van der Waals surface area contributed by atoms with Crippen molar-refractivity contribution in [2.24, 2.45) is 0 Å². The summed E-state index contributed by atoms with van der Waals surface area (Å²) >= 11 is 0. The van der Waals surface area contributed by atoms with Gasteiger partial charge in [-0.3, -0.25) is 0 Å². The van der Waals surface area contributed by atoms with Crippen LogP contribution in [0.5, 0.6) is 0 Å². The molecule has 0 aliphatic rings. The van der Waals surface area contributed by atoms with Crippen LogP contribution in [-0.2, 0) is 10.0 Å². The van der Waals surface area contributed by atoms with E-state index < -0.39 is 10.0 Å². The first-order chi connectivity index (χ1) is 9.57. The third-order valence-corrected chi connectivity index (χ3v) is 4.12. The average Bonchev–Trinajstić information content (AvgIpc) is 2.47. The second kappa shape index (κ2) is 5.81. The summed E-state index contributed by atoms with van der Waals surface area (Å²) in [5.74, 6) is -0.0922. The highest BCUT2D eigenvalue weighted by Crippen LogP contribution is 2.23. The summed E-state index contributed by atoms with van der Waals surface area (Å²) in [6.45, 7) is 0.174. The standard InChI is InChI=1S/C12H13N5O2S/c1-14-20(18,19)7-6-15-12-9-4-2-3-5-10(9)16-17-11(12)8-13/h2-5,14H,6-7H2,1H3,(H,15,16). The van der Waals surface area contributed by atoms with Gasteiger partial charge in [0.2, 0.25) is 10.0 Å². The van der Waals surface area contributed by atoms with Crippen LogP contribution in [0.2, 0.25) is 0 Å². The molecule has 0 unspecified atom stereocenters. The second-order valence-corrected chi connectivity index (χ2v) is 6.05. The maximum atomic E-state index is 11.4. The number of benzene rings is 1. The minimum Gasteiger partial charge on any atom is -0.381 e. The molecule has 0 bridgehead atoms. The molecule has 20 heavy (non-hydrogen) atoms. The smallest absolute Gasteiger partial charge is 0.213 e. The Morgan fingerprint density at radius 2 is 2.05 bits per heavy atom. The molecule has 1 heterocycles. The Morgan fingerprint density at radius 1 is 1.30 bits per heavy atom. The third-order valence-electron chi connectivity index (χ3n) is 2.76. The van der Waals surface area contributed by atoms with Crippen molar-refractivity contribution in [2.75, 3.05) is 24.7 Å². The molecule has 0 aliphatic heterocycles. The first kappa shape index (κ1) is 14.2. The molecule has 2 N–H and O–H groups in total. The van der Waals surface area contributed by atoms with Crippen LogP contribution in [0.25, 0.3) is 10.9 Å². The van der Waals surface area contributed by atoms with Crippen LogP contribution >= 0.6 is 0 Å². The lowest BCUT2D eigenvalue weighted by Gasteiger charge is -2.10.